The standard InChI is InChI=1S/C25H32N2O2/c1-22(2,3)29-21(28)25-12-14-27-24(6,16-25)23(4,5)19-11-7-10-18(20(19)25)17-9-8-13-26-15-17/h7-11,13,15,27H,12,14,16H2,1-6H3. The van der Waals surface area contributed by atoms with Gasteiger partial charge in [0.05, 0.1) is 5.41 Å². The molecule has 1 fully saturated rings. The predicted molar refractivity (Wildman–Crippen MR) is 116 cm³/mol. The van der Waals surface area contributed by atoms with Crippen molar-refractivity contribution in [2.45, 2.75) is 76.4 Å². The second-order valence-electron chi connectivity index (χ2n) is 10.4. The van der Waals surface area contributed by atoms with Crippen LogP contribution < -0.4 is 5.32 Å². The van der Waals surface area contributed by atoms with Gasteiger partial charge in [0, 0.05) is 28.9 Å². The number of carbonyl (C=O) groups excluding carboxylic acids is 1. The summed E-state index contributed by atoms with van der Waals surface area (Å²) in [5.41, 5.74) is 2.99. The number of aromatic nitrogens is 1. The van der Waals surface area contributed by atoms with Crippen LogP contribution in [0, 0.1) is 0 Å². The van der Waals surface area contributed by atoms with Gasteiger partial charge in [-0.15, -0.1) is 0 Å². The van der Waals surface area contributed by atoms with E-state index in [4.69, 9.17) is 4.74 Å². The zero-order valence-electron chi connectivity index (χ0n) is 18.4. The number of nitrogens with zero attached hydrogens (tertiary/aromatic N) is 1. The lowest BCUT2D eigenvalue weighted by molar-refractivity contribution is -0.166. The number of esters is 1. The van der Waals surface area contributed by atoms with E-state index in [0.717, 1.165) is 36.1 Å². The van der Waals surface area contributed by atoms with Crippen LogP contribution in [-0.2, 0) is 20.4 Å². The van der Waals surface area contributed by atoms with Crippen LogP contribution in [0.15, 0.2) is 42.7 Å². The molecule has 2 bridgehead atoms. The Labute approximate surface area is 174 Å². The maximum absolute atomic E-state index is 13.8. The monoisotopic (exact) mass is 392 g/mol. The highest BCUT2D eigenvalue weighted by Gasteiger charge is 2.61. The third kappa shape index (κ3) is 3.00. The van der Waals surface area contributed by atoms with Gasteiger partial charge in [0.1, 0.15) is 5.60 Å². The Hall–Kier alpha value is -2.20. The van der Waals surface area contributed by atoms with Gasteiger partial charge >= 0.3 is 5.97 Å². The molecule has 0 amide bonds. The molecule has 0 saturated carbocycles. The summed E-state index contributed by atoms with van der Waals surface area (Å²) in [7, 11) is 0. The van der Waals surface area contributed by atoms with E-state index in [1.807, 2.05) is 33.0 Å². The number of piperidine rings is 1. The van der Waals surface area contributed by atoms with Crippen LogP contribution in [0.5, 0.6) is 0 Å². The molecule has 1 saturated heterocycles. The van der Waals surface area contributed by atoms with Gasteiger partial charge in [-0.25, -0.2) is 0 Å². The number of pyridine rings is 1. The van der Waals surface area contributed by atoms with Crippen molar-refractivity contribution in [2.75, 3.05) is 6.54 Å². The molecular formula is C25H32N2O2. The van der Waals surface area contributed by atoms with E-state index in [-0.39, 0.29) is 16.9 Å². The minimum atomic E-state index is -0.662. The van der Waals surface area contributed by atoms with Crippen LogP contribution in [0.25, 0.3) is 11.1 Å². The molecule has 2 aliphatic rings. The molecular weight excluding hydrogens is 360 g/mol. The van der Waals surface area contributed by atoms with Crippen LogP contribution in [0.3, 0.4) is 0 Å². The predicted octanol–water partition coefficient (Wildman–Crippen LogP) is 4.76. The molecule has 4 rings (SSSR count). The quantitative estimate of drug-likeness (QED) is 0.749. The normalized spacial score (nSPS) is 27.8. The fraction of sp³-hybridized carbons (Fsp3) is 0.520. The lowest BCUT2D eigenvalue weighted by Gasteiger charge is -2.59. The molecule has 0 spiro atoms. The molecule has 4 heteroatoms. The first-order chi connectivity index (χ1) is 13.5. The lowest BCUT2D eigenvalue weighted by Crippen LogP contribution is -2.68. The number of fused-ring (bicyclic) bond motifs is 4. The van der Waals surface area contributed by atoms with E-state index >= 15 is 0 Å². The molecule has 2 unspecified atom stereocenters. The number of rotatable bonds is 2. The molecule has 1 aliphatic heterocycles. The molecule has 4 nitrogen and oxygen atoms in total. The van der Waals surface area contributed by atoms with Crippen LogP contribution in [-0.4, -0.2) is 28.6 Å². The maximum Gasteiger partial charge on any atom is 0.317 e. The first-order valence-electron chi connectivity index (χ1n) is 10.5. The van der Waals surface area contributed by atoms with Crippen molar-refractivity contribution in [3.63, 3.8) is 0 Å². The van der Waals surface area contributed by atoms with Crippen molar-refractivity contribution >= 4 is 5.97 Å². The Morgan fingerprint density at radius 1 is 1.14 bits per heavy atom. The van der Waals surface area contributed by atoms with Gasteiger partial charge in [-0.1, -0.05) is 38.1 Å². The molecule has 1 aromatic heterocycles. The molecule has 1 N–H and O–H groups in total. The van der Waals surface area contributed by atoms with E-state index in [1.165, 1.54) is 5.56 Å². The highest BCUT2D eigenvalue weighted by molar-refractivity contribution is 5.90. The average Bonchev–Trinajstić information content (AvgIpc) is 2.66. The smallest absolute Gasteiger partial charge is 0.317 e. The topological polar surface area (TPSA) is 51.2 Å². The summed E-state index contributed by atoms with van der Waals surface area (Å²) in [4.78, 5) is 18.1. The number of ether oxygens (including phenoxy) is 1. The van der Waals surface area contributed by atoms with Crippen LogP contribution >= 0.6 is 0 Å². The highest BCUT2D eigenvalue weighted by atomic mass is 16.6. The van der Waals surface area contributed by atoms with E-state index in [0.29, 0.717) is 0 Å². The summed E-state index contributed by atoms with van der Waals surface area (Å²) in [6, 6.07) is 10.5. The number of hydrogen-bond acceptors (Lipinski definition) is 4. The van der Waals surface area contributed by atoms with Crippen LogP contribution in [0.4, 0.5) is 0 Å². The summed E-state index contributed by atoms with van der Waals surface area (Å²) in [5.74, 6) is -0.106. The number of carbonyl (C=O) groups is 1. The molecule has 154 valence electrons. The lowest BCUT2D eigenvalue weighted by atomic mass is 9.50. The van der Waals surface area contributed by atoms with Gasteiger partial charge in [0.15, 0.2) is 0 Å². The summed E-state index contributed by atoms with van der Waals surface area (Å²) in [5, 5.41) is 3.74. The summed E-state index contributed by atoms with van der Waals surface area (Å²) in [6.07, 6.45) is 5.14. The van der Waals surface area contributed by atoms with E-state index in [2.05, 4.69) is 55.3 Å². The fourth-order valence-electron chi connectivity index (χ4n) is 5.26. The largest absolute Gasteiger partial charge is 0.459 e. The summed E-state index contributed by atoms with van der Waals surface area (Å²) < 4.78 is 6.03. The maximum atomic E-state index is 13.8. The van der Waals surface area contributed by atoms with Crippen molar-refractivity contribution in [3.05, 3.63) is 53.9 Å². The van der Waals surface area contributed by atoms with Gasteiger partial charge in [0.2, 0.25) is 0 Å². The molecule has 0 radical (unpaired) electrons. The Bertz CT molecular complexity index is 945. The third-order valence-corrected chi connectivity index (χ3v) is 7.08. The van der Waals surface area contributed by atoms with Crippen LogP contribution in [0.2, 0.25) is 0 Å². The van der Waals surface area contributed by atoms with E-state index < -0.39 is 11.0 Å². The fourth-order valence-corrected chi connectivity index (χ4v) is 5.26. The van der Waals surface area contributed by atoms with E-state index in [1.54, 1.807) is 6.20 Å². The zero-order valence-corrected chi connectivity index (χ0v) is 18.4. The minimum Gasteiger partial charge on any atom is -0.459 e. The van der Waals surface area contributed by atoms with E-state index in [9.17, 15) is 4.79 Å². The third-order valence-electron chi connectivity index (χ3n) is 7.08. The molecule has 2 atom stereocenters. The Morgan fingerprint density at radius 2 is 1.90 bits per heavy atom. The second kappa shape index (κ2) is 6.40. The molecule has 29 heavy (non-hydrogen) atoms. The molecule has 1 aliphatic carbocycles. The summed E-state index contributed by atoms with van der Waals surface area (Å²) >= 11 is 0. The van der Waals surface area contributed by atoms with Crippen LogP contribution in [0.1, 0.15) is 65.5 Å². The van der Waals surface area contributed by atoms with Gasteiger partial charge in [-0.3, -0.25) is 9.78 Å². The Kier molecular flexibility index (Phi) is 4.43. The Balaban J connectivity index is 2.02. The van der Waals surface area contributed by atoms with Gasteiger partial charge < -0.3 is 10.1 Å². The first-order valence-corrected chi connectivity index (χ1v) is 10.5. The number of hydrogen-bond donors (Lipinski definition) is 1. The number of benzene rings is 1. The van der Waals surface area contributed by atoms with Crippen molar-refractivity contribution < 1.29 is 9.53 Å². The number of nitrogens with one attached hydrogen (secondary N) is 1. The van der Waals surface area contributed by atoms with Crippen molar-refractivity contribution in [2.24, 2.45) is 0 Å². The highest BCUT2D eigenvalue weighted by Crippen LogP contribution is 2.57. The van der Waals surface area contributed by atoms with Crippen molar-refractivity contribution in [1.29, 1.82) is 0 Å². The van der Waals surface area contributed by atoms with Crippen molar-refractivity contribution in [1.82, 2.24) is 10.3 Å². The average molecular weight is 393 g/mol. The van der Waals surface area contributed by atoms with Gasteiger partial charge in [-0.05, 0) is 69.8 Å². The second-order valence-corrected chi connectivity index (χ2v) is 10.4. The SMILES string of the molecule is CC(C)(C)OC(=O)C12CCNC(C)(C1)C(C)(C)c1cccc(-c3cccnc3)c12. The van der Waals surface area contributed by atoms with Crippen molar-refractivity contribution in [3.8, 4) is 11.1 Å². The Morgan fingerprint density at radius 3 is 2.55 bits per heavy atom. The minimum absolute atomic E-state index is 0.106. The first kappa shape index (κ1) is 20.1. The molecule has 1 aromatic carbocycles. The zero-order chi connectivity index (χ0) is 21.1. The van der Waals surface area contributed by atoms with Gasteiger partial charge in [-0.2, -0.15) is 0 Å². The van der Waals surface area contributed by atoms with Gasteiger partial charge in [0.25, 0.3) is 0 Å². The molecule has 2 aromatic rings. The summed E-state index contributed by atoms with van der Waals surface area (Å²) in [6.45, 7) is 13.5. The molecule has 2 heterocycles.